The zero-order valence-electron chi connectivity index (χ0n) is 15.7. The average Bonchev–Trinajstić information content (AvgIpc) is 2.93. The highest BCUT2D eigenvalue weighted by Crippen LogP contribution is 2.28. The average molecular weight is 459 g/mol. The van der Waals surface area contributed by atoms with Crippen molar-refractivity contribution in [1.82, 2.24) is 20.1 Å². The molecule has 0 atom stereocenters. The summed E-state index contributed by atoms with van der Waals surface area (Å²) in [6, 6.07) is 5.84. The van der Waals surface area contributed by atoms with Crippen molar-refractivity contribution >= 4 is 35.8 Å². The molecule has 1 fully saturated rings. The van der Waals surface area contributed by atoms with Crippen LogP contribution in [0.4, 0.5) is 0 Å². The summed E-state index contributed by atoms with van der Waals surface area (Å²) in [7, 11) is 3.59. The van der Waals surface area contributed by atoms with E-state index in [1.807, 2.05) is 25.2 Å². The van der Waals surface area contributed by atoms with Crippen molar-refractivity contribution in [2.75, 3.05) is 40.3 Å². The lowest BCUT2D eigenvalue weighted by molar-refractivity contribution is -0.128. The number of nitrogens with one attached hydrogen (secondary N) is 1. The van der Waals surface area contributed by atoms with Gasteiger partial charge in [-0.2, -0.15) is 0 Å². The first kappa shape index (κ1) is 21.7. The van der Waals surface area contributed by atoms with Gasteiger partial charge in [0.15, 0.2) is 5.96 Å². The number of hydrogen-bond acceptors (Lipinski definition) is 3. The van der Waals surface area contributed by atoms with Gasteiger partial charge in [0.25, 0.3) is 0 Å². The van der Waals surface area contributed by atoms with Crippen molar-refractivity contribution in [1.29, 1.82) is 0 Å². The van der Waals surface area contributed by atoms with E-state index >= 15 is 0 Å². The second-order valence-electron chi connectivity index (χ2n) is 7.12. The summed E-state index contributed by atoms with van der Waals surface area (Å²) in [6.45, 7) is 7.40. The molecule has 2 heterocycles. The van der Waals surface area contributed by atoms with E-state index in [2.05, 4.69) is 34.0 Å². The molecule has 1 N–H and O–H groups in total. The molecule has 0 spiro atoms. The molecule has 1 saturated heterocycles. The van der Waals surface area contributed by atoms with Gasteiger partial charge >= 0.3 is 0 Å². The predicted molar refractivity (Wildman–Crippen MR) is 112 cm³/mol. The molecule has 0 aliphatic carbocycles. The van der Waals surface area contributed by atoms with Crippen molar-refractivity contribution in [2.45, 2.75) is 26.7 Å². The van der Waals surface area contributed by atoms with Crippen molar-refractivity contribution in [3.05, 3.63) is 30.1 Å². The minimum absolute atomic E-state index is 0. The van der Waals surface area contributed by atoms with Crippen LogP contribution in [0.2, 0.25) is 0 Å². The molecule has 0 bridgehead atoms. The summed E-state index contributed by atoms with van der Waals surface area (Å²) in [5, 5.41) is 3.20. The summed E-state index contributed by atoms with van der Waals surface area (Å²) in [5.74, 6) is 0.873. The summed E-state index contributed by atoms with van der Waals surface area (Å²) in [4.78, 5) is 24.9. The Morgan fingerprint density at radius 2 is 2.20 bits per heavy atom. The van der Waals surface area contributed by atoms with Crippen molar-refractivity contribution in [2.24, 2.45) is 10.4 Å². The number of likely N-dealkylation sites (tertiary alicyclic amines) is 1. The van der Waals surface area contributed by atoms with E-state index in [0.717, 1.165) is 37.6 Å². The maximum atomic E-state index is 12.3. The van der Waals surface area contributed by atoms with Gasteiger partial charge in [0, 0.05) is 52.0 Å². The first-order chi connectivity index (χ1) is 11.4. The molecule has 7 heteroatoms. The highest BCUT2D eigenvalue weighted by Gasteiger charge is 2.31. The Balaban J connectivity index is 0.00000312. The standard InChI is InChI=1S/C18H29N5O.HI/c1-18(2)9-12-23(14-18)17(19-3)21-13-16(24)22(4)11-8-15-7-5-6-10-20-15;/h5-7,10H,8-9,11-14H2,1-4H3,(H,19,21);1H. The molecule has 1 amide bonds. The van der Waals surface area contributed by atoms with Crippen LogP contribution in [0, 0.1) is 5.41 Å². The molecule has 1 aliphatic rings. The van der Waals surface area contributed by atoms with Gasteiger partial charge < -0.3 is 15.1 Å². The van der Waals surface area contributed by atoms with Crippen LogP contribution in [0.1, 0.15) is 26.0 Å². The van der Waals surface area contributed by atoms with Gasteiger partial charge in [-0.25, -0.2) is 0 Å². The summed E-state index contributed by atoms with van der Waals surface area (Å²) < 4.78 is 0. The van der Waals surface area contributed by atoms with E-state index in [-0.39, 0.29) is 36.4 Å². The molecule has 1 aliphatic heterocycles. The highest BCUT2D eigenvalue weighted by molar-refractivity contribution is 14.0. The number of carbonyl (C=O) groups is 1. The number of nitrogens with zero attached hydrogens (tertiary/aromatic N) is 4. The topological polar surface area (TPSA) is 60.8 Å². The summed E-state index contributed by atoms with van der Waals surface area (Å²) in [6.07, 6.45) is 3.68. The number of carbonyl (C=O) groups excluding carboxylic acids is 1. The minimum atomic E-state index is 0. The van der Waals surface area contributed by atoms with Gasteiger partial charge in [-0.1, -0.05) is 19.9 Å². The predicted octanol–water partition coefficient (Wildman–Crippen LogP) is 2.01. The fourth-order valence-corrected chi connectivity index (χ4v) is 2.87. The first-order valence-electron chi connectivity index (χ1n) is 8.51. The highest BCUT2D eigenvalue weighted by atomic mass is 127. The molecule has 6 nitrogen and oxygen atoms in total. The number of hydrogen-bond donors (Lipinski definition) is 1. The van der Waals surface area contributed by atoms with Crippen LogP contribution < -0.4 is 5.32 Å². The Labute approximate surface area is 168 Å². The lowest BCUT2D eigenvalue weighted by Gasteiger charge is -2.24. The number of likely N-dealkylation sites (N-methyl/N-ethyl adjacent to an activating group) is 1. The zero-order chi connectivity index (χ0) is 17.6. The molecule has 1 aromatic rings. The number of aromatic nitrogens is 1. The van der Waals surface area contributed by atoms with Gasteiger partial charge in [-0.3, -0.25) is 14.8 Å². The number of halogens is 1. The third kappa shape index (κ3) is 6.80. The molecule has 0 unspecified atom stereocenters. The van der Waals surface area contributed by atoms with Gasteiger partial charge in [0.2, 0.25) is 5.91 Å². The Morgan fingerprint density at radius 1 is 1.44 bits per heavy atom. The maximum Gasteiger partial charge on any atom is 0.241 e. The van der Waals surface area contributed by atoms with Crippen LogP contribution in [0.15, 0.2) is 29.4 Å². The second-order valence-corrected chi connectivity index (χ2v) is 7.12. The molecule has 2 rings (SSSR count). The molecule has 0 aromatic carbocycles. The second kappa shape index (κ2) is 9.94. The van der Waals surface area contributed by atoms with Crippen LogP contribution >= 0.6 is 24.0 Å². The van der Waals surface area contributed by atoms with Gasteiger partial charge in [0.05, 0.1) is 6.54 Å². The number of rotatable bonds is 5. The van der Waals surface area contributed by atoms with Crippen LogP contribution in [-0.4, -0.2) is 66.9 Å². The monoisotopic (exact) mass is 459 g/mol. The maximum absolute atomic E-state index is 12.3. The van der Waals surface area contributed by atoms with Gasteiger partial charge in [-0.15, -0.1) is 24.0 Å². The molecule has 0 radical (unpaired) electrons. The van der Waals surface area contributed by atoms with Crippen LogP contribution in [0.5, 0.6) is 0 Å². The zero-order valence-corrected chi connectivity index (χ0v) is 18.0. The van der Waals surface area contributed by atoms with E-state index in [9.17, 15) is 4.79 Å². The van der Waals surface area contributed by atoms with Gasteiger partial charge in [-0.05, 0) is 24.0 Å². The Kier molecular flexibility index (Phi) is 8.61. The lowest BCUT2D eigenvalue weighted by Crippen LogP contribution is -2.45. The van der Waals surface area contributed by atoms with Crippen LogP contribution in [-0.2, 0) is 11.2 Å². The quantitative estimate of drug-likeness (QED) is 0.416. The number of guanidine groups is 1. The number of pyridine rings is 1. The lowest BCUT2D eigenvalue weighted by atomic mass is 9.93. The largest absolute Gasteiger partial charge is 0.347 e. The Hall–Kier alpha value is -1.38. The molecular formula is C18H30IN5O. The SMILES string of the molecule is CN=C(NCC(=O)N(C)CCc1ccccn1)N1CCC(C)(C)C1.I. The number of aliphatic imine (C=N–C) groups is 1. The fraction of sp³-hybridized carbons (Fsp3) is 0.611. The van der Waals surface area contributed by atoms with Crippen molar-refractivity contribution < 1.29 is 4.79 Å². The van der Waals surface area contributed by atoms with E-state index < -0.39 is 0 Å². The fourth-order valence-electron chi connectivity index (χ4n) is 2.87. The van der Waals surface area contributed by atoms with Gasteiger partial charge in [0.1, 0.15) is 0 Å². The molecule has 140 valence electrons. The summed E-state index contributed by atoms with van der Waals surface area (Å²) >= 11 is 0. The smallest absolute Gasteiger partial charge is 0.241 e. The van der Waals surface area contributed by atoms with Crippen molar-refractivity contribution in [3.8, 4) is 0 Å². The Bertz CT molecular complexity index is 576. The Morgan fingerprint density at radius 3 is 2.76 bits per heavy atom. The van der Waals surface area contributed by atoms with E-state index in [1.54, 1.807) is 18.1 Å². The normalized spacial score (nSPS) is 16.3. The van der Waals surface area contributed by atoms with E-state index in [1.165, 1.54) is 0 Å². The molecule has 25 heavy (non-hydrogen) atoms. The van der Waals surface area contributed by atoms with Crippen LogP contribution in [0.25, 0.3) is 0 Å². The molecule has 0 saturated carbocycles. The third-order valence-electron chi connectivity index (χ3n) is 4.44. The number of amides is 1. The third-order valence-corrected chi connectivity index (χ3v) is 4.44. The minimum Gasteiger partial charge on any atom is -0.347 e. The molecular weight excluding hydrogens is 429 g/mol. The van der Waals surface area contributed by atoms with E-state index in [4.69, 9.17) is 0 Å². The van der Waals surface area contributed by atoms with Crippen molar-refractivity contribution in [3.63, 3.8) is 0 Å². The molecule has 1 aromatic heterocycles. The first-order valence-corrected chi connectivity index (χ1v) is 8.51. The van der Waals surface area contributed by atoms with E-state index in [0.29, 0.717) is 12.0 Å². The van der Waals surface area contributed by atoms with Crippen LogP contribution in [0.3, 0.4) is 0 Å². The summed E-state index contributed by atoms with van der Waals surface area (Å²) in [5.41, 5.74) is 1.31.